The highest BCUT2D eigenvalue weighted by Crippen LogP contribution is 2.22. The van der Waals surface area contributed by atoms with Crippen molar-refractivity contribution >= 4 is 15.8 Å². The van der Waals surface area contributed by atoms with Gasteiger partial charge in [0.2, 0.25) is 0 Å². The van der Waals surface area contributed by atoms with Gasteiger partial charge >= 0.3 is 10.1 Å². The molecule has 0 saturated carbocycles. The molecule has 121 valence electrons. The van der Waals surface area contributed by atoms with Crippen molar-refractivity contribution in [3.63, 3.8) is 0 Å². The minimum Gasteiger partial charge on any atom is -0.380 e. The van der Waals surface area contributed by atoms with Crippen molar-refractivity contribution in [2.24, 2.45) is 0 Å². The first-order chi connectivity index (χ1) is 11.6. The Morgan fingerprint density at radius 1 is 0.917 bits per heavy atom. The highest BCUT2D eigenvalue weighted by molar-refractivity contribution is 7.87. The number of nitrogens with one attached hydrogen (secondary N) is 1. The third-order valence-electron chi connectivity index (χ3n) is 3.34. The predicted molar refractivity (Wildman–Crippen MR) is 93.3 cm³/mol. The smallest absolute Gasteiger partial charge is 0.339 e. The molecule has 24 heavy (non-hydrogen) atoms. The average Bonchev–Trinajstić information content (AvgIpc) is 2.62. The zero-order chi connectivity index (χ0) is 16.8. The van der Waals surface area contributed by atoms with Gasteiger partial charge < -0.3 is 9.50 Å². The van der Waals surface area contributed by atoms with Gasteiger partial charge in [-0.05, 0) is 29.8 Å². The molecule has 0 unspecified atom stereocenters. The molecule has 0 saturated heterocycles. The molecule has 0 atom stereocenters. The topological polar surface area (TPSA) is 55.4 Å². The van der Waals surface area contributed by atoms with Crippen LogP contribution < -0.4 is 9.50 Å². The summed E-state index contributed by atoms with van der Waals surface area (Å²) in [5.74, 6) is 0.244. The van der Waals surface area contributed by atoms with Crippen LogP contribution in [0.25, 0.3) is 0 Å². The summed E-state index contributed by atoms with van der Waals surface area (Å²) in [6, 6.07) is 25.8. The molecule has 1 radical (unpaired) electrons. The summed E-state index contributed by atoms with van der Waals surface area (Å²) >= 11 is 0. The molecule has 0 aliphatic heterocycles. The molecule has 0 amide bonds. The molecule has 0 bridgehead atoms. The predicted octanol–water partition coefficient (Wildman–Crippen LogP) is 3.87. The summed E-state index contributed by atoms with van der Waals surface area (Å²) in [4.78, 5) is 0.122. The van der Waals surface area contributed by atoms with Crippen LogP contribution in [0.5, 0.6) is 5.75 Å². The van der Waals surface area contributed by atoms with Gasteiger partial charge in [0, 0.05) is 24.4 Å². The highest BCUT2D eigenvalue weighted by Gasteiger charge is 2.16. The fourth-order valence-electron chi connectivity index (χ4n) is 2.15. The van der Waals surface area contributed by atoms with Crippen molar-refractivity contribution in [3.05, 3.63) is 90.5 Å². The van der Waals surface area contributed by atoms with E-state index in [4.69, 9.17) is 4.18 Å². The monoisotopic (exact) mass is 338 g/mol. The lowest BCUT2D eigenvalue weighted by atomic mass is 10.2. The minimum absolute atomic E-state index is 0.122. The van der Waals surface area contributed by atoms with E-state index in [1.807, 2.05) is 30.3 Å². The van der Waals surface area contributed by atoms with Crippen LogP contribution >= 0.6 is 0 Å². The Morgan fingerprint density at radius 3 is 2.29 bits per heavy atom. The van der Waals surface area contributed by atoms with Crippen molar-refractivity contribution in [3.8, 4) is 5.75 Å². The van der Waals surface area contributed by atoms with Crippen LogP contribution in [-0.4, -0.2) is 8.42 Å². The van der Waals surface area contributed by atoms with Crippen molar-refractivity contribution in [1.29, 1.82) is 0 Å². The van der Waals surface area contributed by atoms with Gasteiger partial charge in [-0.15, -0.1) is 0 Å². The molecular weight excluding hydrogens is 322 g/mol. The Kier molecular flexibility index (Phi) is 4.82. The molecule has 1 N–H and O–H groups in total. The Balaban J connectivity index is 1.71. The maximum Gasteiger partial charge on any atom is 0.339 e. The number of benzene rings is 3. The highest BCUT2D eigenvalue weighted by atomic mass is 32.2. The van der Waals surface area contributed by atoms with Crippen molar-refractivity contribution in [2.75, 3.05) is 5.32 Å². The Bertz CT molecular complexity index is 894. The maximum atomic E-state index is 12.2. The molecule has 3 aromatic carbocycles. The first kappa shape index (κ1) is 16.1. The zero-order valence-electron chi connectivity index (χ0n) is 12.8. The fraction of sp³-hybridized carbons (Fsp3) is 0.0526. The van der Waals surface area contributed by atoms with E-state index in [9.17, 15) is 8.42 Å². The van der Waals surface area contributed by atoms with Gasteiger partial charge in [-0.25, -0.2) is 0 Å². The van der Waals surface area contributed by atoms with Crippen LogP contribution in [0.15, 0.2) is 83.8 Å². The molecule has 0 aliphatic carbocycles. The lowest BCUT2D eigenvalue weighted by Gasteiger charge is -2.10. The summed E-state index contributed by atoms with van der Waals surface area (Å²) < 4.78 is 29.7. The van der Waals surface area contributed by atoms with Gasteiger partial charge in [0.1, 0.15) is 10.6 Å². The second kappa shape index (κ2) is 7.19. The van der Waals surface area contributed by atoms with Gasteiger partial charge in [0.15, 0.2) is 0 Å². The summed E-state index contributed by atoms with van der Waals surface area (Å²) in [5, 5.41) is 3.20. The van der Waals surface area contributed by atoms with Crippen LogP contribution in [0.2, 0.25) is 0 Å². The summed E-state index contributed by atoms with van der Waals surface area (Å²) in [6.45, 7) is 0.617. The lowest BCUT2D eigenvalue weighted by Crippen LogP contribution is -2.09. The van der Waals surface area contributed by atoms with Gasteiger partial charge in [-0.3, -0.25) is 0 Å². The third kappa shape index (κ3) is 4.14. The number of rotatable bonds is 6. The summed E-state index contributed by atoms with van der Waals surface area (Å²) in [7, 11) is -3.84. The maximum absolute atomic E-state index is 12.2. The van der Waals surface area contributed by atoms with E-state index in [0.29, 0.717) is 12.2 Å². The summed E-state index contributed by atoms with van der Waals surface area (Å²) in [5.41, 5.74) is 1.79. The SMILES string of the molecule is O=S(=O)(Oc1cc[c]c(NCc2ccccc2)c1)c1ccccc1. The molecule has 3 rings (SSSR count). The van der Waals surface area contributed by atoms with E-state index in [-0.39, 0.29) is 10.6 Å². The van der Waals surface area contributed by atoms with Crippen LogP contribution in [0.1, 0.15) is 5.56 Å². The first-order valence-electron chi connectivity index (χ1n) is 7.42. The number of anilines is 1. The van der Waals surface area contributed by atoms with E-state index in [0.717, 1.165) is 5.56 Å². The van der Waals surface area contributed by atoms with E-state index in [1.165, 1.54) is 12.1 Å². The summed E-state index contributed by atoms with van der Waals surface area (Å²) in [6.07, 6.45) is 0. The van der Waals surface area contributed by atoms with E-state index in [2.05, 4.69) is 11.4 Å². The molecule has 0 aliphatic rings. The molecule has 5 heteroatoms. The number of hydrogen-bond donors (Lipinski definition) is 1. The quantitative estimate of drug-likeness (QED) is 0.693. The van der Waals surface area contributed by atoms with E-state index in [1.54, 1.807) is 36.4 Å². The molecular formula is C19H16NO3S. The van der Waals surface area contributed by atoms with Crippen LogP contribution in [0.3, 0.4) is 0 Å². The zero-order valence-corrected chi connectivity index (χ0v) is 13.7. The van der Waals surface area contributed by atoms with Gasteiger partial charge in [-0.1, -0.05) is 48.5 Å². The average molecular weight is 338 g/mol. The van der Waals surface area contributed by atoms with Gasteiger partial charge in [-0.2, -0.15) is 8.42 Å². The van der Waals surface area contributed by atoms with Crippen LogP contribution in [0, 0.1) is 6.07 Å². The molecule has 0 aromatic heterocycles. The Morgan fingerprint density at radius 2 is 1.58 bits per heavy atom. The van der Waals surface area contributed by atoms with Crippen LogP contribution in [-0.2, 0) is 16.7 Å². The van der Waals surface area contributed by atoms with Gasteiger partial charge in [0.25, 0.3) is 0 Å². The molecule has 4 nitrogen and oxygen atoms in total. The minimum atomic E-state index is -3.84. The van der Waals surface area contributed by atoms with Crippen molar-refractivity contribution < 1.29 is 12.6 Å². The second-order valence-electron chi connectivity index (χ2n) is 5.13. The fourth-order valence-corrected chi connectivity index (χ4v) is 3.10. The van der Waals surface area contributed by atoms with Crippen molar-refractivity contribution in [2.45, 2.75) is 11.4 Å². The third-order valence-corrected chi connectivity index (χ3v) is 4.60. The van der Waals surface area contributed by atoms with Crippen molar-refractivity contribution in [1.82, 2.24) is 0 Å². The van der Waals surface area contributed by atoms with E-state index >= 15 is 0 Å². The standard InChI is InChI=1S/C19H16NO3S/c21-24(22,19-12-5-2-6-13-19)23-18-11-7-10-17(14-18)20-15-16-8-3-1-4-9-16/h1-9,11-14,20H,15H2. The number of hydrogen-bond acceptors (Lipinski definition) is 4. The second-order valence-corrected chi connectivity index (χ2v) is 6.67. The normalized spacial score (nSPS) is 11.0. The lowest BCUT2D eigenvalue weighted by molar-refractivity contribution is 0.486. The Hall–Kier alpha value is -2.79. The molecule has 0 spiro atoms. The molecule has 3 aromatic rings. The van der Waals surface area contributed by atoms with Gasteiger partial charge in [0.05, 0.1) is 0 Å². The Labute approximate surface area is 141 Å². The first-order valence-corrected chi connectivity index (χ1v) is 8.83. The molecule has 0 fully saturated rings. The van der Waals surface area contributed by atoms with Crippen LogP contribution in [0.4, 0.5) is 5.69 Å². The molecule has 0 heterocycles. The van der Waals surface area contributed by atoms with E-state index < -0.39 is 10.1 Å². The largest absolute Gasteiger partial charge is 0.380 e.